The summed E-state index contributed by atoms with van der Waals surface area (Å²) in [5.41, 5.74) is 2.50. The SMILES string of the molecule is CCCNC(c1ccccc1)c1cccnc1. The minimum absolute atomic E-state index is 0.241. The molecule has 0 aliphatic rings. The fourth-order valence-corrected chi connectivity index (χ4v) is 1.91. The van der Waals surface area contributed by atoms with Gasteiger partial charge in [0.25, 0.3) is 0 Å². The maximum atomic E-state index is 4.20. The van der Waals surface area contributed by atoms with Crippen molar-refractivity contribution in [2.24, 2.45) is 0 Å². The molecule has 2 aromatic rings. The molecule has 1 unspecified atom stereocenters. The predicted molar refractivity (Wildman–Crippen MR) is 70.8 cm³/mol. The number of nitrogens with one attached hydrogen (secondary N) is 1. The first-order valence-electron chi connectivity index (χ1n) is 6.10. The van der Waals surface area contributed by atoms with Crippen LogP contribution in [0.3, 0.4) is 0 Å². The lowest BCUT2D eigenvalue weighted by Gasteiger charge is -2.19. The van der Waals surface area contributed by atoms with Crippen LogP contribution in [-0.4, -0.2) is 11.5 Å². The van der Waals surface area contributed by atoms with Crippen LogP contribution in [-0.2, 0) is 0 Å². The van der Waals surface area contributed by atoms with Gasteiger partial charge in [0, 0.05) is 12.4 Å². The fourth-order valence-electron chi connectivity index (χ4n) is 1.91. The van der Waals surface area contributed by atoms with Crippen molar-refractivity contribution >= 4 is 0 Å². The topological polar surface area (TPSA) is 24.9 Å². The molecule has 1 N–H and O–H groups in total. The Morgan fingerprint density at radius 3 is 2.47 bits per heavy atom. The molecule has 0 aliphatic carbocycles. The number of nitrogens with zero attached hydrogens (tertiary/aromatic N) is 1. The molecule has 88 valence electrons. The Labute approximate surface area is 103 Å². The third-order valence-corrected chi connectivity index (χ3v) is 2.75. The van der Waals surface area contributed by atoms with Crippen LogP contribution in [0.4, 0.5) is 0 Å². The van der Waals surface area contributed by atoms with E-state index < -0.39 is 0 Å². The Morgan fingerprint density at radius 1 is 1.06 bits per heavy atom. The third-order valence-electron chi connectivity index (χ3n) is 2.75. The van der Waals surface area contributed by atoms with Crippen molar-refractivity contribution in [2.75, 3.05) is 6.54 Å². The van der Waals surface area contributed by atoms with E-state index in [-0.39, 0.29) is 6.04 Å². The van der Waals surface area contributed by atoms with Gasteiger partial charge in [-0.15, -0.1) is 0 Å². The monoisotopic (exact) mass is 226 g/mol. The molecule has 0 radical (unpaired) electrons. The average Bonchev–Trinajstić information content (AvgIpc) is 2.42. The van der Waals surface area contributed by atoms with Gasteiger partial charge in [-0.3, -0.25) is 4.98 Å². The van der Waals surface area contributed by atoms with Crippen LogP contribution in [0, 0.1) is 0 Å². The van der Waals surface area contributed by atoms with Crippen molar-refractivity contribution < 1.29 is 0 Å². The number of hydrogen-bond acceptors (Lipinski definition) is 2. The molecule has 1 aromatic heterocycles. The summed E-state index contributed by atoms with van der Waals surface area (Å²) in [6.45, 7) is 3.19. The predicted octanol–water partition coefficient (Wildman–Crippen LogP) is 3.17. The molecule has 1 atom stereocenters. The van der Waals surface area contributed by atoms with Gasteiger partial charge in [-0.05, 0) is 30.2 Å². The van der Waals surface area contributed by atoms with Crippen LogP contribution >= 0.6 is 0 Å². The highest BCUT2D eigenvalue weighted by Crippen LogP contribution is 2.20. The van der Waals surface area contributed by atoms with Gasteiger partial charge in [-0.25, -0.2) is 0 Å². The van der Waals surface area contributed by atoms with Gasteiger partial charge >= 0.3 is 0 Å². The molecule has 1 heterocycles. The maximum absolute atomic E-state index is 4.20. The highest BCUT2D eigenvalue weighted by Gasteiger charge is 2.12. The minimum Gasteiger partial charge on any atom is -0.306 e. The van der Waals surface area contributed by atoms with Crippen LogP contribution in [0.2, 0.25) is 0 Å². The Morgan fingerprint density at radius 2 is 1.82 bits per heavy atom. The molecule has 0 amide bonds. The first-order valence-corrected chi connectivity index (χ1v) is 6.10. The molecule has 17 heavy (non-hydrogen) atoms. The lowest BCUT2D eigenvalue weighted by molar-refractivity contribution is 0.597. The zero-order valence-electron chi connectivity index (χ0n) is 10.1. The molecule has 2 rings (SSSR count). The van der Waals surface area contributed by atoms with Crippen LogP contribution in [0.5, 0.6) is 0 Å². The molecule has 0 fully saturated rings. The van der Waals surface area contributed by atoms with E-state index in [4.69, 9.17) is 0 Å². The molecule has 0 saturated carbocycles. The summed E-state index contributed by atoms with van der Waals surface area (Å²) in [7, 11) is 0. The van der Waals surface area contributed by atoms with Crippen LogP contribution in [0.15, 0.2) is 54.9 Å². The number of rotatable bonds is 5. The fraction of sp³-hybridized carbons (Fsp3) is 0.267. The second kappa shape index (κ2) is 6.16. The standard InChI is InChI=1S/C15H18N2/c1-2-10-17-15(13-7-4-3-5-8-13)14-9-6-11-16-12-14/h3-9,11-12,15,17H,2,10H2,1H3. The second-order valence-electron chi connectivity index (χ2n) is 4.08. The van der Waals surface area contributed by atoms with Crippen LogP contribution < -0.4 is 5.32 Å². The van der Waals surface area contributed by atoms with E-state index >= 15 is 0 Å². The highest BCUT2D eigenvalue weighted by atomic mass is 14.9. The number of aromatic nitrogens is 1. The van der Waals surface area contributed by atoms with Gasteiger partial charge in [0.1, 0.15) is 0 Å². The summed E-state index contributed by atoms with van der Waals surface area (Å²) in [6, 6.07) is 14.8. The molecule has 0 saturated heterocycles. The van der Waals surface area contributed by atoms with Gasteiger partial charge in [0.05, 0.1) is 6.04 Å². The van der Waals surface area contributed by atoms with E-state index in [0.717, 1.165) is 13.0 Å². The molecule has 2 nitrogen and oxygen atoms in total. The average molecular weight is 226 g/mol. The van der Waals surface area contributed by atoms with Crippen molar-refractivity contribution in [1.29, 1.82) is 0 Å². The van der Waals surface area contributed by atoms with Crippen molar-refractivity contribution in [2.45, 2.75) is 19.4 Å². The normalized spacial score (nSPS) is 12.3. The van der Waals surface area contributed by atoms with E-state index in [0.29, 0.717) is 0 Å². The Bertz CT molecular complexity index is 386. The number of pyridine rings is 1. The van der Waals surface area contributed by atoms with Crippen molar-refractivity contribution in [3.8, 4) is 0 Å². The van der Waals surface area contributed by atoms with Gasteiger partial charge < -0.3 is 5.32 Å². The highest BCUT2D eigenvalue weighted by molar-refractivity contribution is 5.29. The summed E-state index contributed by atoms with van der Waals surface area (Å²) in [4.78, 5) is 4.20. The third kappa shape index (κ3) is 3.14. The second-order valence-corrected chi connectivity index (χ2v) is 4.08. The zero-order chi connectivity index (χ0) is 11.9. The van der Waals surface area contributed by atoms with Crippen LogP contribution in [0.1, 0.15) is 30.5 Å². The van der Waals surface area contributed by atoms with Gasteiger partial charge in [0.2, 0.25) is 0 Å². The molecule has 2 heteroatoms. The van der Waals surface area contributed by atoms with Gasteiger partial charge in [-0.2, -0.15) is 0 Å². The molecular weight excluding hydrogens is 208 g/mol. The lowest BCUT2D eigenvalue weighted by Crippen LogP contribution is -2.23. The smallest absolute Gasteiger partial charge is 0.0591 e. The largest absolute Gasteiger partial charge is 0.306 e. The number of hydrogen-bond donors (Lipinski definition) is 1. The quantitative estimate of drug-likeness (QED) is 0.847. The van der Waals surface area contributed by atoms with E-state index in [9.17, 15) is 0 Å². The van der Waals surface area contributed by atoms with E-state index in [1.165, 1.54) is 11.1 Å². The molecule has 0 bridgehead atoms. The Hall–Kier alpha value is -1.67. The number of benzene rings is 1. The summed E-state index contributed by atoms with van der Waals surface area (Å²) < 4.78 is 0. The molecule has 0 spiro atoms. The first-order chi connectivity index (χ1) is 8.42. The van der Waals surface area contributed by atoms with E-state index in [2.05, 4.69) is 47.6 Å². The maximum Gasteiger partial charge on any atom is 0.0591 e. The summed E-state index contributed by atoms with van der Waals surface area (Å²) in [5, 5.41) is 3.56. The van der Waals surface area contributed by atoms with Gasteiger partial charge in [-0.1, -0.05) is 43.3 Å². The van der Waals surface area contributed by atoms with Gasteiger partial charge in [0.15, 0.2) is 0 Å². The summed E-state index contributed by atoms with van der Waals surface area (Å²) in [5.74, 6) is 0. The summed E-state index contributed by atoms with van der Waals surface area (Å²) >= 11 is 0. The Kier molecular flexibility index (Phi) is 4.28. The van der Waals surface area contributed by atoms with Crippen molar-refractivity contribution in [1.82, 2.24) is 10.3 Å². The summed E-state index contributed by atoms with van der Waals surface area (Å²) in [6.07, 6.45) is 4.87. The van der Waals surface area contributed by atoms with Crippen molar-refractivity contribution in [3.63, 3.8) is 0 Å². The van der Waals surface area contributed by atoms with Crippen LogP contribution in [0.25, 0.3) is 0 Å². The Balaban J connectivity index is 2.26. The minimum atomic E-state index is 0.241. The molecule has 0 aliphatic heterocycles. The zero-order valence-corrected chi connectivity index (χ0v) is 10.1. The molecular formula is C15H18N2. The van der Waals surface area contributed by atoms with E-state index in [1.807, 2.05) is 24.5 Å². The lowest BCUT2D eigenvalue weighted by atomic mass is 10.0. The first kappa shape index (κ1) is 11.8. The van der Waals surface area contributed by atoms with E-state index in [1.54, 1.807) is 0 Å². The molecule has 1 aromatic carbocycles. The van der Waals surface area contributed by atoms with Crippen molar-refractivity contribution in [3.05, 3.63) is 66.0 Å².